The molecule has 0 fully saturated rings. The number of amides is 1. The van der Waals surface area contributed by atoms with Gasteiger partial charge in [-0.2, -0.15) is 4.31 Å². The minimum atomic E-state index is -3.45. The first-order valence-electron chi connectivity index (χ1n) is 7.14. The Morgan fingerprint density at radius 1 is 1.27 bits per heavy atom. The average Bonchev–Trinajstić information content (AvgIpc) is 2.39. The van der Waals surface area contributed by atoms with Crippen molar-refractivity contribution in [2.45, 2.75) is 26.8 Å². The van der Waals surface area contributed by atoms with Crippen LogP contribution in [0, 0.1) is 5.92 Å². The summed E-state index contributed by atoms with van der Waals surface area (Å²) in [6.07, 6.45) is 1.99. The summed E-state index contributed by atoms with van der Waals surface area (Å²) >= 11 is 3.34. The standard InChI is InChI=1S/C15H23BrN2O3S/c1-12(2)8-9-17-15(19)11-18(22(3,20)21)10-13-4-6-14(16)7-5-13/h4-7,12H,8-11H2,1-3H3,(H,17,19). The second-order valence-electron chi connectivity index (χ2n) is 5.69. The molecule has 1 rings (SSSR count). The number of hydrogen-bond acceptors (Lipinski definition) is 3. The van der Waals surface area contributed by atoms with Crippen molar-refractivity contribution >= 4 is 31.9 Å². The van der Waals surface area contributed by atoms with Crippen molar-refractivity contribution in [1.82, 2.24) is 9.62 Å². The monoisotopic (exact) mass is 390 g/mol. The molecule has 1 aromatic rings. The smallest absolute Gasteiger partial charge is 0.235 e. The second kappa shape index (κ2) is 8.64. The maximum Gasteiger partial charge on any atom is 0.235 e. The fourth-order valence-corrected chi connectivity index (χ4v) is 2.80. The quantitative estimate of drug-likeness (QED) is 0.740. The van der Waals surface area contributed by atoms with E-state index in [1.807, 2.05) is 24.3 Å². The molecule has 0 bridgehead atoms. The molecule has 1 N–H and O–H groups in total. The van der Waals surface area contributed by atoms with Crippen LogP contribution in [0.15, 0.2) is 28.7 Å². The maximum absolute atomic E-state index is 11.9. The van der Waals surface area contributed by atoms with Gasteiger partial charge in [0.2, 0.25) is 15.9 Å². The molecule has 0 aliphatic rings. The minimum Gasteiger partial charge on any atom is -0.355 e. The van der Waals surface area contributed by atoms with Gasteiger partial charge < -0.3 is 5.32 Å². The first-order chi connectivity index (χ1) is 10.2. The SMILES string of the molecule is CC(C)CCNC(=O)CN(Cc1ccc(Br)cc1)S(C)(=O)=O. The van der Waals surface area contributed by atoms with Gasteiger partial charge in [0.05, 0.1) is 12.8 Å². The predicted octanol–water partition coefficient (Wildman–Crippen LogP) is 2.37. The Hall–Kier alpha value is -0.920. The van der Waals surface area contributed by atoms with E-state index in [-0.39, 0.29) is 19.0 Å². The molecule has 0 saturated heterocycles. The largest absolute Gasteiger partial charge is 0.355 e. The van der Waals surface area contributed by atoms with E-state index in [0.29, 0.717) is 12.5 Å². The Morgan fingerprint density at radius 2 is 1.86 bits per heavy atom. The molecule has 0 saturated carbocycles. The van der Waals surface area contributed by atoms with Crippen molar-refractivity contribution in [3.8, 4) is 0 Å². The van der Waals surface area contributed by atoms with E-state index in [1.165, 1.54) is 4.31 Å². The van der Waals surface area contributed by atoms with Crippen molar-refractivity contribution in [3.63, 3.8) is 0 Å². The predicted molar refractivity (Wildman–Crippen MR) is 91.9 cm³/mol. The molecule has 5 nitrogen and oxygen atoms in total. The van der Waals surface area contributed by atoms with Gasteiger partial charge in [0.15, 0.2) is 0 Å². The van der Waals surface area contributed by atoms with Crippen LogP contribution in [0.5, 0.6) is 0 Å². The molecule has 0 atom stereocenters. The topological polar surface area (TPSA) is 66.5 Å². The molecule has 1 amide bonds. The zero-order valence-corrected chi connectivity index (χ0v) is 15.6. The van der Waals surface area contributed by atoms with Crippen LogP contribution in [0.4, 0.5) is 0 Å². The third kappa shape index (κ3) is 7.38. The number of sulfonamides is 1. The van der Waals surface area contributed by atoms with E-state index >= 15 is 0 Å². The van der Waals surface area contributed by atoms with Gasteiger partial charge in [-0.05, 0) is 30.0 Å². The lowest BCUT2D eigenvalue weighted by molar-refractivity contribution is -0.121. The zero-order valence-electron chi connectivity index (χ0n) is 13.2. The molecule has 7 heteroatoms. The van der Waals surface area contributed by atoms with E-state index in [1.54, 1.807) is 0 Å². The highest BCUT2D eigenvalue weighted by molar-refractivity contribution is 9.10. The van der Waals surface area contributed by atoms with Gasteiger partial charge in [-0.3, -0.25) is 4.79 Å². The molecule has 0 aliphatic heterocycles. The van der Waals surface area contributed by atoms with E-state index in [2.05, 4.69) is 35.1 Å². The third-order valence-corrected chi connectivity index (χ3v) is 4.83. The molecule has 124 valence electrons. The lowest BCUT2D eigenvalue weighted by atomic mass is 10.1. The summed E-state index contributed by atoms with van der Waals surface area (Å²) in [4.78, 5) is 11.9. The number of nitrogens with one attached hydrogen (secondary N) is 1. The Labute approximate surface area is 141 Å². The molecule has 22 heavy (non-hydrogen) atoms. The van der Waals surface area contributed by atoms with Crippen LogP contribution in [0.3, 0.4) is 0 Å². The molecule has 0 spiro atoms. The van der Waals surface area contributed by atoms with Crippen molar-refractivity contribution in [1.29, 1.82) is 0 Å². The van der Waals surface area contributed by atoms with E-state index in [9.17, 15) is 13.2 Å². The molecule has 0 aromatic heterocycles. The van der Waals surface area contributed by atoms with Crippen LogP contribution in [0.1, 0.15) is 25.8 Å². The van der Waals surface area contributed by atoms with E-state index in [4.69, 9.17) is 0 Å². The third-order valence-electron chi connectivity index (χ3n) is 3.11. The summed E-state index contributed by atoms with van der Waals surface area (Å²) in [5, 5.41) is 2.76. The Balaban J connectivity index is 2.65. The number of halogens is 1. The fourth-order valence-electron chi connectivity index (χ4n) is 1.80. The van der Waals surface area contributed by atoms with Crippen molar-refractivity contribution in [3.05, 3.63) is 34.3 Å². The molecule has 0 heterocycles. The summed E-state index contributed by atoms with van der Waals surface area (Å²) < 4.78 is 25.8. The normalized spacial score (nSPS) is 11.9. The minimum absolute atomic E-state index is 0.160. The fraction of sp³-hybridized carbons (Fsp3) is 0.533. The van der Waals surface area contributed by atoms with Crippen LogP contribution >= 0.6 is 15.9 Å². The van der Waals surface area contributed by atoms with Crippen molar-refractivity contribution in [2.75, 3.05) is 19.3 Å². The summed E-state index contributed by atoms with van der Waals surface area (Å²) in [7, 11) is -3.45. The number of nitrogens with zero attached hydrogens (tertiary/aromatic N) is 1. The number of rotatable bonds is 8. The maximum atomic E-state index is 11.9. The van der Waals surface area contributed by atoms with Crippen molar-refractivity contribution < 1.29 is 13.2 Å². The molecular weight excluding hydrogens is 368 g/mol. The molecule has 0 unspecified atom stereocenters. The zero-order chi connectivity index (χ0) is 16.8. The number of carbonyl (C=O) groups excluding carboxylic acids is 1. The van der Waals surface area contributed by atoms with Crippen LogP contribution in [-0.2, 0) is 21.4 Å². The van der Waals surface area contributed by atoms with Gasteiger partial charge in [-0.25, -0.2) is 8.42 Å². The van der Waals surface area contributed by atoms with Gasteiger partial charge in [0.25, 0.3) is 0 Å². The van der Waals surface area contributed by atoms with Gasteiger partial charge in [-0.1, -0.05) is 41.9 Å². The van der Waals surface area contributed by atoms with Gasteiger partial charge in [0.1, 0.15) is 0 Å². The highest BCUT2D eigenvalue weighted by Crippen LogP contribution is 2.13. The average molecular weight is 391 g/mol. The summed E-state index contributed by atoms with van der Waals surface area (Å²) in [6, 6.07) is 7.36. The number of hydrogen-bond donors (Lipinski definition) is 1. The van der Waals surface area contributed by atoms with Gasteiger partial charge in [0, 0.05) is 17.6 Å². The molecule has 0 radical (unpaired) electrons. The number of carbonyl (C=O) groups is 1. The summed E-state index contributed by atoms with van der Waals surface area (Å²) in [6.45, 7) is 4.73. The lowest BCUT2D eigenvalue weighted by Crippen LogP contribution is -2.40. The summed E-state index contributed by atoms with van der Waals surface area (Å²) in [5.41, 5.74) is 0.837. The van der Waals surface area contributed by atoms with Crippen LogP contribution in [0.2, 0.25) is 0 Å². The van der Waals surface area contributed by atoms with E-state index < -0.39 is 10.0 Å². The molecule has 1 aromatic carbocycles. The highest BCUT2D eigenvalue weighted by Gasteiger charge is 2.20. The van der Waals surface area contributed by atoms with Crippen LogP contribution in [-0.4, -0.2) is 38.0 Å². The first kappa shape index (κ1) is 19.1. The second-order valence-corrected chi connectivity index (χ2v) is 8.59. The molecule has 0 aliphatic carbocycles. The number of benzene rings is 1. The lowest BCUT2D eigenvalue weighted by Gasteiger charge is -2.19. The van der Waals surface area contributed by atoms with Gasteiger partial charge in [-0.15, -0.1) is 0 Å². The Morgan fingerprint density at radius 3 is 2.36 bits per heavy atom. The Bertz CT molecular complexity index is 585. The van der Waals surface area contributed by atoms with E-state index in [0.717, 1.165) is 22.7 Å². The van der Waals surface area contributed by atoms with Crippen LogP contribution in [0.25, 0.3) is 0 Å². The van der Waals surface area contributed by atoms with Crippen molar-refractivity contribution in [2.24, 2.45) is 5.92 Å². The molecular formula is C15H23BrN2O3S. The van der Waals surface area contributed by atoms with Crippen LogP contribution < -0.4 is 5.32 Å². The highest BCUT2D eigenvalue weighted by atomic mass is 79.9. The Kier molecular flexibility index (Phi) is 7.52. The first-order valence-corrected chi connectivity index (χ1v) is 9.79. The van der Waals surface area contributed by atoms with Gasteiger partial charge >= 0.3 is 0 Å². The summed E-state index contributed by atoms with van der Waals surface area (Å²) in [5.74, 6) is 0.220.